The molecule has 3 nitrogen and oxygen atoms in total. The lowest BCUT2D eigenvalue weighted by Gasteiger charge is -2.41. The summed E-state index contributed by atoms with van der Waals surface area (Å²) in [5.74, 6) is 0.910. The molecule has 102 valence electrons. The molecule has 1 amide bonds. The van der Waals surface area contributed by atoms with Crippen molar-refractivity contribution >= 4 is 5.91 Å². The molecule has 0 bridgehead atoms. The molecule has 0 atom stereocenters. The highest BCUT2D eigenvalue weighted by molar-refractivity contribution is 5.83. The van der Waals surface area contributed by atoms with Crippen molar-refractivity contribution < 1.29 is 4.79 Å². The maximum atomic E-state index is 12.5. The molecule has 0 spiro atoms. The Morgan fingerprint density at radius 3 is 2.53 bits per heavy atom. The van der Waals surface area contributed by atoms with E-state index in [1.165, 1.54) is 12.0 Å². The largest absolute Gasteiger partial charge is 0.355 e. The van der Waals surface area contributed by atoms with E-state index in [1.807, 2.05) is 6.07 Å². The summed E-state index contributed by atoms with van der Waals surface area (Å²) in [6.45, 7) is 2.93. The Labute approximate surface area is 114 Å². The van der Waals surface area contributed by atoms with Gasteiger partial charge in [0.15, 0.2) is 0 Å². The zero-order valence-electron chi connectivity index (χ0n) is 11.3. The number of hydrogen-bond donors (Lipinski definition) is 2. The molecule has 1 saturated carbocycles. The van der Waals surface area contributed by atoms with Crippen molar-refractivity contribution in [3.8, 4) is 0 Å². The SMILES string of the molecule is O=C(NCC1CNC1)C1(Cc2ccccc2)CCC1. The number of carbonyl (C=O) groups excluding carboxylic acids is 1. The van der Waals surface area contributed by atoms with E-state index in [0.717, 1.165) is 38.9 Å². The lowest BCUT2D eigenvalue weighted by atomic mass is 9.64. The third kappa shape index (κ3) is 2.66. The molecule has 1 aromatic rings. The Morgan fingerprint density at radius 2 is 2.00 bits per heavy atom. The van der Waals surface area contributed by atoms with E-state index in [2.05, 4.69) is 34.9 Å². The van der Waals surface area contributed by atoms with E-state index < -0.39 is 0 Å². The van der Waals surface area contributed by atoms with Gasteiger partial charge in [0, 0.05) is 25.6 Å². The molecule has 0 aromatic heterocycles. The summed E-state index contributed by atoms with van der Waals surface area (Å²) < 4.78 is 0. The monoisotopic (exact) mass is 258 g/mol. The third-order valence-electron chi connectivity index (χ3n) is 4.59. The molecule has 19 heavy (non-hydrogen) atoms. The lowest BCUT2D eigenvalue weighted by Crippen LogP contribution is -2.52. The molecule has 1 aliphatic carbocycles. The van der Waals surface area contributed by atoms with Crippen molar-refractivity contribution in [3.63, 3.8) is 0 Å². The maximum absolute atomic E-state index is 12.5. The molecule has 3 rings (SSSR count). The van der Waals surface area contributed by atoms with Crippen molar-refractivity contribution in [2.24, 2.45) is 11.3 Å². The average molecular weight is 258 g/mol. The van der Waals surface area contributed by atoms with Gasteiger partial charge in [-0.3, -0.25) is 4.79 Å². The number of rotatable bonds is 5. The normalized spacial score (nSPS) is 21.3. The predicted molar refractivity (Wildman–Crippen MR) is 75.8 cm³/mol. The molecular formula is C16H22N2O. The quantitative estimate of drug-likeness (QED) is 0.844. The number of benzene rings is 1. The summed E-state index contributed by atoms with van der Waals surface area (Å²) >= 11 is 0. The van der Waals surface area contributed by atoms with Crippen molar-refractivity contribution in [3.05, 3.63) is 35.9 Å². The first-order valence-electron chi connectivity index (χ1n) is 7.31. The van der Waals surface area contributed by atoms with E-state index in [1.54, 1.807) is 0 Å². The van der Waals surface area contributed by atoms with Gasteiger partial charge >= 0.3 is 0 Å². The summed E-state index contributed by atoms with van der Waals surface area (Å²) in [5.41, 5.74) is 1.15. The minimum atomic E-state index is -0.126. The number of hydrogen-bond acceptors (Lipinski definition) is 2. The van der Waals surface area contributed by atoms with Crippen LogP contribution in [-0.2, 0) is 11.2 Å². The molecule has 1 aliphatic heterocycles. The van der Waals surface area contributed by atoms with Gasteiger partial charge in [0.25, 0.3) is 0 Å². The molecule has 0 radical (unpaired) electrons. The minimum absolute atomic E-state index is 0.126. The molecule has 3 heteroatoms. The van der Waals surface area contributed by atoms with E-state index in [9.17, 15) is 4.79 Å². The van der Waals surface area contributed by atoms with Gasteiger partial charge in [-0.15, -0.1) is 0 Å². The van der Waals surface area contributed by atoms with Gasteiger partial charge in [0.05, 0.1) is 5.41 Å². The topological polar surface area (TPSA) is 41.1 Å². The third-order valence-corrected chi connectivity index (χ3v) is 4.59. The molecule has 0 unspecified atom stereocenters. The zero-order chi connectivity index (χ0) is 13.1. The Bertz CT molecular complexity index is 435. The van der Waals surface area contributed by atoms with Crippen LogP contribution in [-0.4, -0.2) is 25.5 Å². The minimum Gasteiger partial charge on any atom is -0.355 e. The van der Waals surface area contributed by atoms with Crippen LogP contribution in [0.3, 0.4) is 0 Å². The van der Waals surface area contributed by atoms with Crippen LogP contribution >= 0.6 is 0 Å². The fourth-order valence-electron chi connectivity index (χ4n) is 2.99. The molecule has 2 N–H and O–H groups in total. The predicted octanol–water partition coefficient (Wildman–Crippen LogP) is 1.73. The summed E-state index contributed by atoms with van der Waals surface area (Å²) in [7, 11) is 0. The smallest absolute Gasteiger partial charge is 0.226 e. The Hall–Kier alpha value is -1.35. The summed E-state index contributed by atoms with van der Waals surface area (Å²) in [4.78, 5) is 12.5. The highest BCUT2D eigenvalue weighted by Crippen LogP contribution is 2.44. The number of amides is 1. The van der Waals surface area contributed by atoms with Crippen molar-refractivity contribution in [1.82, 2.24) is 10.6 Å². The van der Waals surface area contributed by atoms with E-state index >= 15 is 0 Å². The van der Waals surface area contributed by atoms with Gasteiger partial charge < -0.3 is 10.6 Å². The van der Waals surface area contributed by atoms with Crippen LogP contribution in [0.15, 0.2) is 30.3 Å². The van der Waals surface area contributed by atoms with Crippen molar-refractivity contribution in [2.75, 3.05) is 19.6 Å². The highest BCUT2D eigenvalue weighted by Gasteiger charge is 2.43. The first-order valence-corrected chi connectivity index (χ1v) is 7.31. The summed E-state index contributed by atoms with van der Waals surface area (Å²) in [6, 6.07) is 10.4. The zero-order valence-corrected chi connectivity index (χ0v) is 11.3. The maximum Gasteiger partial charge on any atom is 0.226 e. The molecule has 1 heterocycles. The Morgan fingerprint density at radius 1 is 1.26 bits per heavy atom. The first-order chi connectivity index (χ1) is 9.28. The van der Waals surface area contributed by atoms with Gasteiger partial charge in [-0.2, -0.15) is 0 Å². The molecule has 1 saturated heterocycles. The van der Waals surface area contributed by atoms with Gasteiger partial charge in [-0.05, 0) is 24.8 Å². The van der Waals surface area contributed by atoms with Crippen LogP contribution in [0.4, 0.5) is 0 Å². The van der Waals surface area contributed by atoms with Crippen LogP contribution in [0.2, 0.25) is 0 Å². The second-order valence-electron chi connectivity index (χ2n) is 6.03. The van der Waals surface area contributed by atoms with Crippen LogP contribution in [0.25, 0.3) is 0 Å². The molecule has 2 aliphatic rings. The second kappa shape index (κ2) is 5.33. The molecule has 2 fully saturated rings. The number of carbonyl (C=O) groups is 1. The van der Waals surface area contributed by atoms with Crippen LogP contribution in [0.5, 0.6) is 0 Å². The van der Waals surface area contributed by atoms with Gasteiger partial charge in [0.1, 0.15) is 0 Å². The highest BCUT2D eigenvalue weighted by atomic mass is 16.2. The average Bonchev–Trinajstić information content (AvgIpc) is 2.33. The summed E-state index contributed by atoms with van der Waals surface area (Å²) in [5, 5.41) is 6.41. The fraction of sp³-hybridized carbons (Fsp3) is 0.562. The Balaban J connectivity index is 1.59. The summed E-state index contributed by atoms with van der Waals surface area (Å²) in [6.07, 6.45) is 4.15. The van der Waals surface area contributed by atoms with Crippen LogP contribution in [0.1, 0.15) is 24.8 Å². The number of nitrogens with one attached hydrogen (secondary N) is 2. The van der Waals surface area contributed by atoms with Crippen LogP contribution < -0.4 is 10.6 Å². The Kier molecular flexibility index (Phi) is 3.56. The van der Waals surface area contributed by atoms with Crippen molar-refractivity contribution in [2.45, 2.75) is 25.7 Å². The van der Waals surface area contributed by atoms with Crippen molar-refractivity contribution in [1.29, 1.82) is 0 Å². The fourth-order valence-corrected chi connectivity index (χ4v) is 2.99. The lowest BCUT2D eigenvalue weighted by molar-refractivity contribution is -0.136. The van der Waals surface area contributed by atoms with E-state index in [0.29, 0.717) is 5.92 Å². The van der Waals surface area contributed by atoms with E-state index in [-0.39, 0.29) is 11.3 Å². The first kappa shape index (κ1) is 12.7. The van der Waals surface area contributed by atoms with E-state index in [4.69, 9.17) is 0 Å². The van der Waals surface area contributed by atoms with Gasteiger partial charge in [0.2, 0.25) is 5.91 Å². The molecule has 1 aromatic carbocycles. The molecular weight excluding hydrogens is 236 g/mol. The second-order valence-corrected chi connectivity index (χ2v) is 6.03. The van der Waals surface area contributed by atoms with Gasteiger partial charge in [-0.1, -0.05) is 36.8 Å². The standard InChI is InChI=1S/C16H22N2O/c19-15(18-12-14-10-17-11-14)16(7-4-8-16)9-13-5-2-1-3-6-13/h1-3,5-6,14,17H,4,7-12H2,(H,18,19). The van der Waals surface area contributed by atoms with Gasteiger partial charge in [-0.25, -0.2) is 0 Å². The van der Waals surface area contributed by atoms with Crippen LogP contribution in [0, 0.1) is 11.3 Å².